The molecule has 4 aliphatic rings. The van der Waals surface area contributed by atoms with E-state index in [4.69, 9.17) is 0 Å². The van der Waals surface area contributed by atoms with Crippen molar-refractivity contribution < 1.29 is 19.8 Å². The molecule has 5 nitrogen and oxygen atoms in total. The number of rotatable bonds is 3. The van der Waals surface area contributed by atoms with Crippen molar-refractivity contribution in [3.8, 4) is 0 Å². The van der Waals surface area contributed by atoms with Gasteiger partial charge in [0, 0.05) is 11.3 Å². The van der Waals surface area contributed by atoms with Crippen LogP contribution in [0.15, 0.2) is 35.9 Å². The van der Waals surface area contributed by atoms with Gasteiger partial charge < -0.3 is 15.5 Å². The first-order chi connectivity index (χ1) is 14.7. The van der Waals surface area contributed by atoms with E-state index in [-0.39, 0.29) is 35.2 Å². The van der Waals surface area contributed by atoms with Gasteiger partial charge >= 0.3 is 5.97 Å². The number of nitrogens with one attached hydrogen (secondary N) is 1. The Kier molecular flexibility index (Phi) is 4.81. The minimum absolute atomic E-state index is 0.0380. The van der Waals surface area contributed by atoms with Gasteiger partial charge in [-0.05, 0) is 87.2 Å². The quantitative estimate of drug-likeness (QED) is 0.615. The molecule has 31 heavy (non-hydrogen) atoms. The van der Waals surface area contributed by atoms with Gasteiger partial charge in [-0.1, -0.05) is 30.7 Å². The lowest BCUT2D eigenvalue weighted by molar-refractivity contribution is -0.161. The van der Waals surface area contributed by atoms with Crippen molar-refractivity contribution in [2.45, 2.75) is 70.9 Å². The van der Waals surface area contributed by atoms with Crippen LogP contribution in [0.3, 0.4) is 0 Å². The summed E-state index contributed by atoms with van der Waals surface area (Å²) in [4.78, 5) is 25.6. The van der Waals surface area contributed by atoms with E-state index in [1.54, 1.807) is 0 Å². The van der Waals surface area contributed by atoms with Gasteiger partial charge in [-0.25, -0.2) is 0 Å². The number of hydrogen-bond donors (Lipinski definition) is 3. The molecule has 2 saturated carbocycles. The van der Waals surface area contributed by atoms with Crippen LogP contribution in [0.25, 0.3) is 0 Å². The number of benzene rings is 1. The SMILES string of the molecule is C[C@]12CC[C@H](O)CC1=CC[C@@H]1[C@@H]2CC[C@](C)(C(=O)O)[C@H]1CC1Nc2ccccc2C1=O. The number of para-hydroxylation sites is 1. The average molecular weight is 424 g/mol. The summed E-state index contributed by atoms with van der Waals surface area (Å²) >= 11 is 0. The monoisotopic (exact) mass is 423 g/mol. The number of allylic oxidation sites excluding steroid dienone is 1. The van der Waals surface area contributed by atoms with Gasteiger partial charge in [0.15, 0.2) is 5.78 Å². The van der Waals surface area contributed by atoms with Crippen molar-refractivity contribution in [1.29, 1.82) is 0 Å². The summed E-state index contributed by atoms with van der Waals surface area (Å²) in [5, 5.41) is 23.8. The molecule has 5 rings (SSSR count). The number of carboxylic acid groups (broad SMARTS) is 1. The van der Waals surface area contributed by atoms with Gasteiger partial charge in [-0.3, -0.25) is 9.59 Å². The summed E-state index contributed by atoms with van der Waals surface area (Å²) < 4.78 is 0. The van der Waals surface area contributed by atoms with Crippen LogP contribution < -0.4 is 5.32 Å². The molecule has 1 unspecified atom stereocenters. The Morgan fingerprint density at radius 1 is 1.19 bits per heavy atom. The fraction of sp³-hybridized carbons (Fsp3) is 0.615. The lowest BCUT2D eigenvalue weighted by Gasteiger charge is -2.57. The third-order valence-electron chi connectivity index (χ3n) is 9.28. The Bertz CT molecular complexity index is 954. The van der Waals surface area contributed by atoms with Gasteiger partial charge in [0.2, 0.25) is 0 Å². The fourth-order valence-electron chi connectivity index (χ4n) is 7.35. The number of aliphatic carboxylic acids is 1. The van der Waals surface area contributed by atoms with Crippen LogP contribution >= 0.6 is 0 Å². The second-order valence-corrected chi connectivity index (χ2v) is 10.8. The number of ketones is 1. The normalized spacial score (nSPS) is 41.5. The summed E-state index contributed by atoms with van der Waals surface area (Å²) in [6.07, 6.45) is 7.52. The van der Waals surface area contributed by atoms with Gasteiger partial charge in [-0.2, -0.15) is 0 Å². The second kappa shape index (κ2) is 7.19. The zero-order valence-corrected chi connectivity index (χ0v) is 18.4. The summed E-state index contributed by atoms with van der Waals surface area (Å²) in [6.45, 7) is 4.23. The number of hydrogen-bond acceptors (Lipinski definition) is 4. The van der Waals surface area contributed by atoms with Crippen molar-refractivity contribution in [3.05, 3.63) is 41.5 Å². The molecule has 1 aromatic carbocycles. The Balaban J connectivity index is 1.48. The zero-order valence-electron chi connectivity index (χ0n) is 18.4. The number of anilines is 1. The molecule has 5 heteroatoms. The topological polar surface area (TPSA) is 86.6 Å². The van der Waals surface area contributed by atoms with Gasteiger partial charge in [0.1, 0.15) is 0 Å². The van der Waals surface area contributed by atoms with Crippen LogP contribution in [0.5, 0.6) is 0 Å². The maximum absolute atomic E-state index is 13.1. The predicted octanol–water partition coefficient (Wildman–Crippen LogP) is 4.67. The lowest BCUT2D eigenvalue weighted by Crippen LogP contribution is -2.54. The number of carboxylic acids is 1. The molecular formula is C26H33NO4. The largest absolute Gasteiger partial charge is 0.481 e. The van der Waals surface area contributed by atoms with E-state index in [9.17, 15) is 19.8 Å². The number of carbonyl (C=O) groups is 2. The van der Waals surface area contributed by atoms with Crippen LogP contribution in [0.4, 0.5) is 5.69 Å². The smallest absolute Gasteiger partial charge is 0.309 e. The molecule has 0 radical (unpaired) electrons. The van der Waals surface area contributed by atoms with Crippen molar-refractivity contribution in [1.82, 2.24) is 0 Å². The van der Waals surface area contributed by atoms with Crippen LogP contribution in [-0.2, 0) is 4.79 Å². The first-order valence-electron chi connectivity index (χ1n) is 11.7. The summed E-state index contributed by atoms with van der Waals surface area (Å²) in [7, 11) is 0. The Hall–Kier alpha value is -2.14. The van der Waals surface area contributed by atoms with E-state index in [0.717, 1.165) is 43.4 Å². The summed E-state index contributed by atoms with van der Waals surface area (Å²) in [6, 6.07) is 7.23. The van der Waals surface area contributed by atoms with Crippen molar-refractivity contribution in [2.24, 2.45) is 28.6 Å². The molecule has 166 valence electrons. The average Bonchev–Trinajstić information content (AvgIpc) is 3.06. The van der Waals surface area contributed by atoms with Gasteiger partial charge in [-0.15, -0.1) is 0 Å². The predicted molar refractivity (Wildman–Crippen MR) is 119 cm³/mol. The standard InChI is InChI=1S/C26H33NO4/c1-25-11-9-16(28)13-15(25)7-8-17-19(25)10-12-26(2,24(30)31)20(17)14-22-23(29)18-5-3-4-6-21(18)27-22/h3-7,16-17,19-20,22,27-28H,8-14H2,1-2H3,(H,30,31)/t16-,17+,19-,20-,22?,25-,26-/m0/s1. The molecule has 1 heterocycles. The molecule has 3 N–H and O–H groups in total. The maximum Gasteiger partial charge on any atom is 0.309 e. The van der Waals surface area contributed by atoms with Gasteiger partial charge in [0.05, 0.1) is 17.6 Å². The molecule has 0 bridgehead atoms. The first-order valence-corrected chi connectivity index (χ1v) is 11.7. The van der Waals surface area contributed by atoms with E-state index in [1.807, 2.05) is 31.2 Å². The molecule has 2 fully saturated rings. The van der Waals surface area contributed by atoms with E-state index < -0.39 is 11.4 Å². The molecule has 1 aromatic rings. The van der Waals surface area contributed by atoms with Crippen LogP contribution in [0.2, 0.25) is 0 Å². The Morgan fingerprint density at radius 2 is 1.97 bits per heavy atom. The third kappa shape index (κ3) is 3.07. The van der Waals surface area contributed by atoms with E-state index in [1.165, 1.54) is 5.57 Å². The van der Waals surface area contributed by atoms with E-state index in [0.29, 0.717) is 18.8 Å². The molecule has 0 saturated heterocycles. The molecule has 3 aliphatic carbocycles. The van der Waals surface area contributed by atoms with Crippen LogP contribution in [0, 0.1) is 28.6 Å². The highest BCUT2D eigenvalue weighted by Crippen LogP contribution is 2.62. The second-order valence-electron chi connectivity index (χ2n) is 10.8. The number of carbonyl (C=O) groups excluding carboxylic acids is 1. The molecule has 0 spiro atoms. The lowest BCUT2D eigenvalue weighted by atomic mass is 9.47. The summed E-state index contributed by atoms with van der Waals surface area (Å²) in [5.41, 5.74) is 2.16. The number of Topliss-reactive ketones (excluding diaryl/α,β-unsaturated/α-hetero) is 1. The number of fused-ring (bicyclic) bond motifs is 4. The van der Waals surface area contributed by atoms with Crippen LogP contribution in [0.1, 0.15) is 69.2 Å². The van der Waals surface area contributed by atoms with Crippen molar-refractivity contribution in [3.63, 3.8) is 0 Å². The molecule has 0 amide bonds. The molecule has 7 atom stereocenters. The summed E-state index contributed by atoms with van der Waals surface area (Å²) in [5.74, 6) is -0.0585. The molecule has 1 aliphatic heterocycles. The zero-order chi connectivity index (χ0) is 22.0. The van der Waals surface area contributed by atoms with Crippen LogP contribution in [-0.4, -0.2) is 34.1 Å². The Labute approximate surface area is 183 Å². The minimum atomic E-state index is -0.826. The Morgan fingerprint density at radius 3 is 2.71 bits per heavy atom. The third-order valence-corrected chi connectivity index (χ3v) is 9.28. The highest BCUT2D eigenvalue weighted by molar-refractivity contribution is 6.10. The first kappa shape index (κ1) is 20.7. The van der Waals surface area contributed by atoms with Crippen molar-refractivity contribution in [2.75, 3.05) is 5.32 Å². The highest BCUT2D eigenvalue weighted by atomic mass is 16.4. The van der Waals surface area contributed by atoms with Gasteiger partial charge in [0.25, 0.3) is 0 Å². The minimum Gasteiger partial charge on any atom is -0.481 e. The highest BCUT2D eigenvalue weighted by Gasteiger charge is 2.57. The maximum atomic E-state index is 13.1. The fourth-order valence-corrected chi connectivity index (χ4v) is 7.35. The number of aliphatic hydroxyl groups is 1. The van der Waals surface area contributed by atoms with E-state index in [2.05, 4.69) is 18.3 Å². The molecule has 0 aromatic heterocycles. The van der Waals surface area contributed by atoms with E-state index >= 15 is 0 Å². The molecular weight excluding hydrogens is 390 g/mol. The number of aliphatic hydroxyl groups excluding tert-OH is 1. The van der Waals surface area contributed by atoms with Crippen molar-refractivity contribution >= 4 is 17.4 Å².